The van der Waals surface area contributed by atoms with E-state index < -0.39 is 0 Å². The first-order valence-corrected chi connectivity index (χ1v) is 5.50. The van der Waals surface area contributed by atoms with Gasteiger partial charge in [0, 0.05) is 18.8 Å². The van der Waals surface area contributed by atoms with E-state index in [-0.39, 0.29) is 10.6 Å². The highest BCUT2D eigenvalue weighted by Crippen LogP contribution is 2.31. The van der Waals surface area contributed by atoms with Crippen molar-refractivity contribution in [1.82, 2.24) is 9.78 Å². The Morgan fingerprint density at radius 2 is 2.06 bits per heavy atom. The van der Waals surface area contributed by atoms with E-state index in [1.807, 2.05) is 14.0 Å². The molecule has 0 saturated heterocycles. The van der Waals surface area contributed by atoms with Crippen LogP contribution >= 0.6 is 0 Å². The van der Waals surface area contributed by atoms with Crippen molar-refractivity contribution in [3.05, 3.63) is 45.8 Å². The third-order valence-corrected chi connectivity index (χ3v) is 2.70. The van der Waals surface area contributed by atoms with E-state index >= 15 is 0 Å². The monoisotopic (exact) mass is 246 g/mol. The van der Waals surface area contributed by atoms with E-state index in [1.165, 1.54) is 0 Å². The van der Waals surface area contributed by atoms with Crippen LogP contribution in [-0.4, -0.2) is 14.7 Å². The number of aryl methyl sites for hydroxylation is 3. The molecule has 6 heteroatoms. The smallest absolute Gasteiger partial charge is 0.295 e. The lowest BCUT2D eigenvalue weighted by Gasteiger charge is -2.07. The Morgan fingerprint density at radius 3 is 2.61 bits per heavy atom. The minimum Gasteiger partial charge on any atom is -0.347 e. The normalized spacial score (nSPS) is 10.4. The first kappa shape index (κ1) is 12.1. The lowest BCUT2D eigenvalue weighted by molar-refractivity contribution is -0.384. The number of nitro groups is 1. The molecule has 0 aliphatic rings. The fraction of sp³-hybridized carbons (Fsp3) is 0.250. The molecular formula is C12H14N4O2. The summed E-state index contributed by atoms with van der Waals surface area (Å²) in [5.74, 6) is 0. The van der Waals surface area contributed by atoms with Gasteiger partial charge in [-0.25, -0.2) is 0 Å². The van der Waals surface area contributed by atoms with Crippen LogP contribution in [0.2, 0.25) is 0 Å². The van der Waals surface area contributed by atoms with Gasteiger partial charge in [0.2, 0.25) is 0 Å². The van der Waals surface area contributed by atoms with Crippen LogP contribution in [0, 0.1) is 24.0 Å². The Hall–Kier alpha value is -2.37. The molecule has 2 aromatic rings. The van der Waals surface area contributed by atoms with Crippen molar-refractivity contribution in [3.8, 4) is 0 Å². The topological polar surface area (TPSA) is 73.0 Å². The zero-order chi connectivity index (χ0) is 13.3. The number of nitrogens with zero attached hydrogens (tertiary/aromatic N) is 3. The summed E-state index contributed by atoms with van der Waals surface area (Å²) in [6, 6.07) is 5.20. The highest BCUT2D eigenvalue weighted by atomic mass is 16.6. The number of hydrogen-bond donors (Lipinski definition) is 1. The summed E-state index contributed by atoms with van der Waals surface area (Å²) in [4.78, 5) is 10.7. The summed E-state index contributed by atoms with van der Waals surface area (Å²) < 4.78 is 1.67. The molecule has 2 rings (SSSR count). The molecule has 18 heavy (non-hydrogen) atoms. The number of rotatable bonds is 3. The van der Waals surface area contributed by atoms with E-state index in [4.69, 9.17) is 0 Å². The van der Waals surface area contributed by atoms with Crippen LogP contribution < -0.4 is 5.32 Å². The quantitative estimate of drug-likeness (QED) is 0.667. The van der Waals surface area contributed by atoms with Gasteiger partial charge in [0.05, 0.1) is 16.3 Å². The number of aromatic nitrogens is 2. The van der Waals surface area contributed by atoms with Gasteiger partial charge >= 0.3 is 0 Å². The largest absolute Gasteiger partial charge is 0.347 e. The highest BCUT2D eigenvalue weighted by Gasteiger charge is 2.17. The van der Waals surface area contributed by atoms with Gasteiger partial charge in [-0.3, -0.25) is 14.8 Å². The molecule has 1 aromatic carbocycles. The molecule has 0 radical (unpaired) electrons. The summed E-state index contributed by atoms with van der Waals surface area (Å²) in [5, 5.41) is 18.3. The molecule has 0 spiro atoms. The van der Waals surface area contributed by atoms with Gasteiger partial charge in [-0.05, 0) is 19.9 Å². The van der Waals surface area contributed by atoms with Crippen LogP contribution in [-0.2, 0) is 7.05 Å². The van der Waals surface area contributed by atoms with Crippen molar-refractivity contribution in [3.63, 3.8) is 0 Å². The van der Waals surface area contributed by atoms with Gasteiger partial charge in [0.1, 0.15) is 5.69 Å². The van der Waals surface area contributed by atoms with Crippen molar-refractivity contribution >= 4 is 17.1 Å². The van der Waals surface area contributed by atoms with Crippen molar-refractivity contribution in [1.29, 1.82) is 0 Å². The van der Waals surface area contributed by atoms with Crippen LogP contribution in [0.5, 0.6) is 0 Å². The molecule has 94 valence electrons. The number of anilines is 2. The van der Waals surface area contributed by atoms with Gasteiger partial charge in [-0.1, -0.05) is 12.1 Å². The molecular weight excluding hydrogens is 232 g/mol. The van der Waals surface area contributed by atoms with E-state index in [0.717, 1.165) is 11.4 Å². The third kappa shape index (κ3) is 2.17. The molecule has 1 N–H and O–H groups in total. The molecule has 0 amide bonds. The number of nitrogens with one attached hydrogen (secondary N) is 1. The van der Waals surface area contributed by atoms with E-state index in [1.54, 1.807) is 36.0 Å². The standard InChI is InChI=1S/C12H14N4O2/c1-8-5-4-6-10(12(8)16(17)18)13-11-7-15(3)14-9(11)2/h4-7,13H,1-3H3. The molecule has 6 nitrogen and oxygen atoms in total. The third-order valence-electron chi connectivity index (χ3n) is 2.70. The van der Waals surface area contributed by atoms with E-state index in [9.17, 15) is 10.1 Å². The summed E-state index contributed by atoms with van der Waals surface area (Å²) in [6.07, 6.45) is 1.79. The minimum absolute atomic E-state index is 0.0979. The first-order valence-electron chi connectivity index (χ1n) is 5.50. The number of nitro benzene ring substituents is 1. The van der Waals surface area contributed by atoms with Crippen LogP contribution in [0.3, 0.4) is 0 Å². The van der Waals surface area contributed by atoms with E-state index in [2.05, 4.69) is 10.4 Å². The van der Waals surface area contributed by atoms with Gasteiger partial charge in [0.25, 0.3) is 5.69 Å². The zero-order valence-electron chi connectivity index (χ0n) is 10.5. The Balaban J connectivity index is 2.43. The second kappa shape index (κ2) is 4.48. The van der Waals surface area contributed by atoms with E-state index in [0.29, 0.717) is 11.3 Å². The Morgan fingerprint density at radius 1 is 1.33 bits per heavy atom. The van der Waals surface area contributed by atoms with Gasteiger partial charge in [0.15, 0.2) is 0 Å². The van der Waals surface area contributed by atoms with Crippen molar-refractivity contribution in [2.45, 2.75) is 13.8 Å². The second-order valence-electron chi connectivity index (χ2n) is 4.16. The second-order valence-corrected chi connectivity index (χ2v) is 4.16. The lowest BCUT2D eigenvalue weighted by Crippen LogP contribution is -1.99. The van der Waals surface area contributed by atoms with Gasteiger partial charge in [-0.2, -0.15) is 5.10 Å². The summed E-state index contributed by atoms with van der Waals surface area (Å²) in [6.45, 7) is 3.57. The zero-order valence-corrected chi connectivity index (χ0v) is 10.5. The maximum Gasteiger partial charge on any atom is 0.295 e. The fourth-order valence-corrected chi connectivity index (χ4v) is 1.87. The molecule has 1 aromatic heterocycles. The van der Waals surface area contributed by atoms with Crippen molar-refractivity contribution < 1.29 is 4.92 Å². The van der Waals surface area contributed by atoms with Crippen LogP contribution in [0.25, 0.3) is 0 Å². The molecule has 0 atom stereocenters. The molecule has 0 unspecified atom stereocenters. The number of hydrogen-bond acceptors (Lipinski definition) is 4. The highest BCUT2D eigenvalue weighted by molar-refractivity contribution is 5.72. The summed E-state index contributed by atoms with van der Waals surface area (Å²) >= 11 is 0. The summed E-state index contributed by atoms with van der Waals surface area (Å²) in [7, 11) is 1.81. The number of para-hydroxylation sites is 1. The first-order chi connectivity index (χ1) is 8.49. The SMILES string of the molecule is Cc1cccc(Nc2cn(C)nc2C)c1[N+](=O)[O-]. The van der Waals surface area contributed by atoms with Crippen molar-refractivity contribution in [2.24, 2.45) is 7.05 Å². The summed E-state index contributed by atoms with van der Waals surface area (Å²) in [5.41, 5.74) is 2.78. The van der Waals surface area contributed by atoms with Crippen molar-refractivity contribution in [2.75, 3.05) is 5.32 Å². The molecule has 0 bridgehead atoms. The lowest BCUT2D eigenvalue weighted by atomic mass is 10.1. The Kier molecular flexibility index (Phi) is 3.01. The molecule has 0 aliphatic heterocycles. The predicted molar refractivity (Wildman–Crippen MR) is 69.1 cm³/mol. The van der Waals surface area contributed by atoms with Crippen LogP contribution in [0.4, 0.5) is 17.1 Å². The van der Waals surface area contributed by atoms with Crippen LogP contribution in [0.15, 0.2) is 24.4 Å². The van der Waals surface area contributed by atoms with Gasteiger partial charge < -0.3 is 5.32 Å². The predicted octanol–water partition coefficient (Wildman–Crippen LogP) is 2.69. The Bertz CT molecular complexity index is 604. The fourth-order valence-electron chi connectivity index (χ4n) is 1.87. The minimum atomic E-state index is -0.372. The Labute approximate surface area is 104 Å². The average molecular weight is 246 g/mol. The molecule has 0 aliphatic carbocycles. The average Bonchev–Trinajstić information content (AvgIpc) is 2.57. The van der Waals surface area contributed by atoms with Gasteiger partial charge in [-0.15, -0.1) is 0 Å². The number of benzene rings is 1. The maximum absolute atomic E-state index is 11.1. The maximum atomic E-state index is 11.1. The van der Waals surface area contributed by atoms with Crippen LogP contribution in [0.1, 0.15) is 11.3 Å². The molecule has 0 saturated carbocycles. The molecule has 0 fully saturated rings. The molecule has 1 heterocycles.